The molecule has 1 fully saturated rings. The van der Waals surface area contributed by atoms with Gasteiger partial charge in [-0.2, -0.15) is 11.8 Å². The Balaban J connectivity index is 0.00000289. The van der Waals surface area contributed by atoms with Crippen molar-refractivity contribution in [1.29, 1.82) is 0 Å². The lowest BCUT2D eigenvalue weighted by molar-refractivity contribution is 0.183. The number of rotatable bonds is 4. The number of nitrogens with one attached hydrogen (secondary N) is 2. The summed E-state index contributed by atoms with van der Waals surface area (Å²) in [6.45, 7) is 1.40. The number of nitrogens with zero attached hydrogens (tertiary/aromatic N) is 2. The first-order valence-corrected chi connectivity index (χ1v) is 6.93. The fourth-order valence-corrected chi connectivity index (χ4v) is 3.40. The summed E-state index contributed by atoms with van der Waals surface area (Å²) in [6.07, 6.45) is 6.43. The van der Waals surface area contributed by atoms with Gasteiger partial charge in [0.15, 0.2) is 5.96 Å². The van der Waals surface area contributed by atoms with Gasteiger partial charge in [-0.3, -0.25) is 4.99 Å². The van der Waals surface area contributed by atoms with Crippen LogP contribution in [0.4, 0.5) is 0 Å². The molecular weight excluding hydrogens is 359 g/mol. The monoisotopic (exact) mass is 382 g/mol. The number of likely N-dealkylation sites (N-methyl/N-ethyl adjacent to an activating group) is 1. The van der Waals surface area contributed by atoms with Crippen LogP contribution < -0.4 is 10.6 Å². The smallest absolute Gasteiger partial charge is 0.191 e. The van der Waals surface area contributed by atoms with Crippen molar-refractivity contribution in [2.24, 2.45) is 4.99 Å². The Bertz CT molecular complexity index is 306. The summed E-state index contributed by atoms with van der Waals surface area (Å²) < 4.78 is 0. The van der Waals surface area contributed by atoms with Gasteiger partial charge >= 0.3 is 0 Å². The Hall–Kier alpha value is -0.130. The van der Waals surface area contributed by atoms with Crippen LogP contribution in [0, 0.1) is 12.3 Å². The number of halogens is 1. The lowest BCUT2D eigenvalue weighted by Crippen LogP contribution is -2.54. The molecule has 1 aliphatic heterocycles. The third-order valence-electron chi connectivity index (χ3n) is 3.20. The summed E-state index contributed by atoms with van der Waals surface area (Å²) in [7, 11) is 6.05. The molecule has 0 radical (unpaired) electrons. The van der Waals surface area contributed by atoms with Crippen molar-refractivity contribution in [2.75, 3.05) is 45.7 Å². The zero-order valence-corrected chi connectivity index (χ0v) is 14.5. The molecule has 1 heterocycles. The van der Waals surface area contributed by atoms with Crippen LogP contribution in [-0.2, 0) is 0 Å². The second-order valence-electron chi connectivity index (χ2n) is 4.40. The molecule has 0 aromatic carbocycles. The van der Waals surface area contributed by atoms with Crippen molar-refractivity contribution in [1.82, 2.24) is 15.5 Å². The molecule has 0 amide bonds. The summed E-state index contributed by atoms with van der Waals surface area (Å²) in [5.74, 6) is 5.72. The molecule has 18 heavy (non-hydrogen) atoms. The SMILES string of the molecule is C#CCNC(=NC)NCC1(N(C)C)CCSC1.I. The van der Waals surface area contributed by atoms with E-state index in [0.29, 0.717) is 6.54 Å². The first-order valence-electron chi connectivity index (χ1n) is 5.78. The third-order valence-corrected chi connectivity index (χ3v) is 4.43. The summed E-state index contributed by atoms with van der Waals surface area (Å²) >= 11 is 2.01. The minimum atomic E-state index is 0. The van der Waals surface area contributed by atoms with Crippen molar-refractivity contribution in [2.45, 2.75) is 12.0 Å². The third kappa shape index (κ3) is 4.86. The highest BCUT2D eigenvalue weighted by Gasteiger charge is 2.36. The second-order valence-corrected chi connectivity index (χ2v) is 5.51. The quantitative estimate of drug-likeness (QED) is 0.327. The Morgan fingerprint density at radius 2 is 2.22 bits per heavy atom. The van der Waals surface area contributed by atoms with Crippen LogP contribution >= 0.6 is 35.7 Å². The number of guanidine groups is 1. The molecule has 0 spiro atoms. The zero-order chi connectivity index (χ0) is 12.7. The average molecular weight is 382 g/mol. The van der Waals surface area contributed by atoms with Crippen LogP contribution in [0.15, 0.2) is 4.99 Å². The number of terminal acetylenes is 1. The molecule has 2 N–H and O–H groups in total. The molecule has 0 bridgehead atoms. The van der Waals surface area contributed by atoms with Gasteiger partial charge in [-0.05, 0) is 26.3 Å². The van der Waals surface area contributed by atoms with Crippen molar-refractivity contribution in [3.8, 4) is 12.3 Å². The Morgan fingerprint density at radius 3 is 2.67 bits per heavy atom. The van der Waals surface area contributed by atoms with Gasteiger partial charge in [-0.25, -0.2) is 0 Å². The van der Waals surface area contributed by atoms with Crippen LogP contribution in [-0.4, -0.2) is 62.1 Å². The van der Waals surface area contributed by atoms with Gasteiger partial charge in [-0.15, -0.1) is 30.4 Å². The van der Waals surface area contributed by atoms with Gasteiger partial charge < -0.3 is 15.5 Å². The molecule has 1 atom stereocenters. The van der Waals surface area contributed by atoms with E-state index in [2.05, 4.69) is 40.5 Å². The van der Waals surface area contributed by atoms with Crippen LogP contribution in [0.5, 0.6) is 0 Å². The highest BCUT2D eigenvalue weighted by atomic mass is 127. The predicted molar refractivity (Wildman–Crippen MR) is 92.0 cm³/mol. The van der Waals surface area contributed by atoms with Crippen LogP contribution in [0.3, 0.4) is 0 Å². The fourth-order valence-electron chi connectivity index (χ4n) is 1.85. The Kier molecular flexibility index (Phi) is 8.82. The molecule has 104 valence electrons. The van der Waals surface area contributed by atoms with E-state index in [-0.39, 0.29) is 29.5 Å². The van der Waals surface area contributed by atoms with Gasteiger partial charge in [0.05, 0.1) is 6.54 Å². The lowest BCUT2D eigenvalue weighted by Gasteiger charge is -2.36. The molecule has 1 aliphatic rings. The summed E-state index contributed by atoms with van der Waals surface area (Å²) in [4.78, 5) is 6.46. The summed E-state index contributed by atoms with van der Waals surface area (Å²) in [5.41, 5.74) is 0.235. The van der Waals surface area contributed by atoms with E-state index < -0.39 is 0 Å². The largest absolute Gasteiger partial charge is 0.355 e. The Morgan fingerprint density at radius 1 is 1.50 bits per heavy atom. The molecular formula is C12H23IN4S. The molecule has 0 aliphatic carbocycles. The summed E-state index contributed by atoms with van der Waals surface area (Å²) in [5, 5.41) is 6.43. The minimum Gasteiger partial charge on any atom is -0.355 e. The number of hydrogen-bond acceptors (Lipinski definition) is 3. The maximum atomic E-state index is 5.22. The van der Waals surface area contributed by atoms with E-state index in [1.165, 1.54) is 17.9 Å². The molecule has 6 heteroatoms. The standard InChI is InChI=1S/C12H22N4S.HI/c1-5-7-14-11(13-2)15-9-12(16(3)4)6-8-17-10-12;/h1H,6-10H2,2-4H3,(H2,13,14,15);1H. The second kappa shape index (κ2) is 8.88. The maximum absolute atomic E-state index is 5.22. The van der Waals surface area contributed by atoms with Gasteiger partial charge in [0.25, 0.3) is 0 Å². The molecule has 4 nitrogen and oxygen atoms in total. The zero-order valence-electron chi connectivity index (χ0n) is 11.3. The van der Waals surface area contributed by atoms with E-state index in [0.717, 1.165) is 12.5 Å². The van der Waals surface area contributed by atoms with Gasteiger partial charge in [0, 0.05) is 24.9 Å². The molecule has 0 aromatic heterocycles. The average Bonchev–Trinajstić information content (AvgIpc) is 2.79. The van der Waals surface area contributed by atoms with E-state index in [1.807, 2.05) is 11.8 Å². The number of aliphatic imine (C=N–C) groups is 1. The van der Waals surface area contributed by atoms with Crippen molar-refractivity contribution >= 4 is 41.7 Å². The molecule has 1 unspecified atom stereocenters. The number of hydrogen-bond donors (Lipinski definition) is 2. The maximum Gasteiger partial charge on any atom is 0.191 e. The van der Waals surface area contributed by atoms with Crippen molar-refractivity contribution in [3.05, 3.63) is 0 Å². The minimum absolute atomic E-state index is 0. The molecule has 0 saturated carbocycles. The Labute approximate surface area is 132 Å². The van der Waals surface area contributed by atoms with Crippen LogP contribution in [0.1, 0.15) is 6.42 Å². The van der Waals surface area contributed by atoms with Gasteiger partial charge in [0.1, 0.15) is 0 Å². The van der Waals surface area contributed by atoms with Crippen LogP contribution in [0.25, 0.3) is 0 Å². The first-order chi connectivity index (χ1) is 8.14. The van der Waals surface area contributed by atoms with E-state index in [4.69, 9.17) is 6.42 Å². The van der Waals surface area contributed by atoms with E-state index in [9.17, 15) is 0 Å². The number of thioether (sulfide) groups is 1. The highest BCUT2D eigenvalue weighted by molar-refractivity contribution is 14.0. The van der Waals surface area contributed by atoms with Crippen LogP contribution in [0.2, 0.25) is 0 Å². The molecule has 1 saturated heterocycles. The van der Waals surface area contributed by atoms with Crippen molar-refractivity contribution < 1.29 is 0 Å². The fraction of sp³-hybridized carbons (Fsp3) is 0.750. The van der Waals surface area contributed by atoms with Gasteiger partial charge in [0.2, 0.25) is 0 Å². The van der Waals surface area contributed by atoms with E-state index >= 15 is 0 Å². The summed E-state index contributed by atoms with van der Waals surface area (Å²) in [6, 6.07) is 0. The lowest BCUT2D eigenvalue weighted by atomic mass is 9.97. The highest BCUT2D eigenvalue weighted by Crippen LogP contribution is 2.31. The first kappa shape index (κ1) is 17.9. The van der Waals surface area contributed by atoms with Crippen molar-refractivity contribution in [3.63, 3.8) is 0 Å². The predicted octanol–water partition coefficient (Wildman–Crippen LogP) is 0.840. The molecule has 0 aromatic rings. The van der Waals surface area contributed by atoms with Gasteiger partial charge in [-0.1, -0.05) is 5.92 Å². The normalized spacial score (nSPS) is 23.4. The topological polar surface area (TPSA) is 39.7 Å². The van der Waals surface area contributed by atoms with E-state index in [1.54, 1.807) is 7.05 Å². The molecule has 1 rings (SSSR count).